The minimum atomic E-state index is -0.0501. The highest BCUT2D eigenvalue weighted by Gasteiger charge is 2.33. The van der Waals surface area contributed by atoms with Crippen LogP contribution in [0.15, 0.2) is 24.3 Å². The summed E-state index contributed by atoms with van der Waals surface area (Å²) in [4.78, 5) is 15.5. The minimum absolute atomic E-state index is 0.0501. The number of hydrogen-bond acceptors (Lipinski definition) is 3. The number of nitrogens with two attached hydrogens (primary N) is 1. The largest absolute Gasteiger partial charge is 0.397 e. The number of nitrogen functional groups attached to an aromatic ring is 1. The van der Waals surface area contributed by atoms with Gasteiger partial charge in [0.1, 0.15) is 5.69 Å². The maximum atomic E-state index is 12.3. The number of amides is 1. The van der Waals surface area contributed by atoms with Gasteiger partial charge in [0.25, 0.3) is 5.91 Å². The molecule has 0 saturated heterocycles. The lowest BCUT2D eigenvalue weighted by Gasteiger charge is -2.26. The maximum absolute atomic E-state index is 12.3. The van der Waals surface area contributed by atoms with Gasteiger partial charge >= 0.3 is 0 Å². The number of H-pyrrole nitrogens is 1. The summed E-state index contributed by atoms with van der Waals surface area (Å²) in [6.45, 7) is 0.734. The van der Waals surface area contributed by atoms with E-state index < -0.39 is 0 Å². The van der Waals surface area contributed by atoms with Crippen molar-refractivity contribution < 1.29 is 4.79 Å². The number of carbonyl (C=O) groups is 1. The van der Waals surface area contributed by atoms with Crippen molar-refractivity contribution in [1.29, 1.82) is 0 Å². The Labute approximate surface area is 128 Å². The van der Waals surface area contributed by atoms with Gasteiger partial charge in [-0.05, 0) is 31.2 Å². The van der Waals surface area contributed by atoms with Crippen molar-refractivity contribution in [3.63, 3.8) is 0 Å². The molecule has 1 aromatic carbocycles. The lowest BCUT2D eigenvalue weighted by Crippen LogP contribution is -2.38. The SMILES string of the molecule is CSC1(CNC(=O)c2cc3cccc(N)c3[nH]2)CCCC1. The Morgan fingerprint density at radius 3 is 2.86 bits per heavy atom. The van der Waals surface area contributed by atoms with Gasteiger partial charge in [-0.25, -0.2) is 0 Å². The van der Waals surface area contributed by atoms with E-state index in [2.05, 4.69) is 16.6 Å². The number of fused-ring (bicyclic) bond motifs is 1. The molecule has 0 bridgehead atoms. The van der Waals surface area contributed by atoms with Crippen LogP contribution in [-0.4, -0.2) is 28.4 Å². The maximum Gasteiger partial charge on any atom is 0.267 e. The summed E-state index contributed by atoms with van der Waals surface area (Å²) in [5.41, 5.74) is 8.01. The van der Waals surface area contributed by atoms with E-state index in [1.165, 1.54) is 25.7 Å². The van der Waals surface area contributed by atoms with Crippen LogP contribution in [0.5, 0.6) is 0 Å². The molecule has 0 unspecified atom stereocenters. The Balaban J connectivity index is 1.73. The summed E-state index contributed by atoms with van der Waals surface area (Å²) in [5, 5.41) is 4.05. The Hall–Kier alpha value is -1.62. The number of benzene rings is 1. The summed E-state index contributed by atoms with van der Waals surface area (Å²) in [6.07, 6.45) is 7.04. The van der Waals surface area contributed by atoms with Crippen molar-refractivity contribution in [1.82, 2.24) is 10.3 Å². The van der Waals surface area contributed by atoms with Crippen LogP contribution < -0.4 is 11.1 Å². The number of para-hydroxylation sites is 1. The Bertz CT molecular complexity index is 659. The van der Waals surface area contributed by atoms with Gasteiger partial charge < -0.3 is 16.0 Å². The van der Waals surface area contributed by atoms with Gasteiger partial charge in [0, 0.05) is 16.7 Å². The molecule has 1 amide bonds. The first kappa shape index (κ1) is 14.3. The summed E-state index contributed by atoms with van der Waals surface area (Å²) in [5.74, 6) is -0.0501. The number of hydrogen-bond donors (Lipinski definition) is 3. The van der Waals surface area contributed by atoms with Crippen LogP contribution in [-0.2, 0) is 0 Å². The minimum Gasteiger partial charge on any atom is -0.397 e. The van der Waals surface area contributed by atoms with Gasteiger partial charge in [-0.2, -0.15) is 11.8 Å². The van der Waals surface area contributed by atoms with E-state index in [-0.39, 0.29) is 10.7 Å². The first-order chi connectivity index (χ1) is 10.1. The van der Waals surface area contributed by atoms with E-state index in [9.17, 15) is 4.79 Å². The van der Waals surface area contributed by atoms with Gasteiger partial charge in [0.15, 0.2) is 0 Å². The van der Waals surface area contributed by atoms with Crippen molar-refractivity contribution in [2.75, 3.05) is 18.5 Å². The van der Waals surface area contributed by atoms with Gasteiger partial charge in [-0.1, -0.05) is 25.0 Å². The number of nitrogens with one attached hydrogen (secondary N) is 2. The third-order valence-corrected chi connectivity index (χ3v) is 5.87. The van der Waals surface area contributed by atoms with Crippen LogP contribution in [0.4, 0.5) is 5.69 Å². The van der Waals surface area contributed by atoms with Gasteiger partial charge in [0.05, 0.1) is 11.2 Å². The quantitative estimate of drug-likeness (QED) is 0.760. The smallest absolute Gasteiger partial charge is 0.267 e. The summed E-state index contributed by atoms with van der Waals surface area (Å²) < 4.78 is 0.223. The molecule has 3 rings (SSSR count). The molecule has 1 saturated carbocycles. The zero-order valence-corrected chi connectivity index (χ0v) is 13.1. The van der Waals surface area contributed by atoms with Gasteiger partial charge in [0.2, 0.25) is 0 Å². The van der Waals surface area contributed by atoms with Crippen LogP contribution in [0, 0.1) is 0 Å². The lowest BCUT2D eigenvalue weighted by molar-refractivity contribution is 0.0945. The van der Waals surface area contributed by atoms with Crippen LogP contribution in [0.1, 0.15) is 36.2 Å². The molecule has 21 heavy (non-hydrogen) atoms. The molecule has 0 radical (unpaired) electrons. The van der Waals surface area contributed by atoms with E-state index in [0.29, 0.717) is 11.4 Å². The molecule has 112 valence electrons. The molecule has 1 fully saturated rings. The van der Waals surface area contributed by atoms with E-state index in [0.717, 1.165) is 17.4 Å². The molecule has 5 heteroatoms. The summed E-state index contributed by atoms with van der Waals surface area (Å²) >= 11 is 1.88. The standard InChI is InChI=1S/C16H21N3OS/c1-21-16(7-2-3-8-16)10-18-15(20)13-9-11-5-4-6-12(17)14(11)19-13/h4-6,9,19H,2-3,7-8,10,17H2,1H3,(H,18,20). The zero-order valence-electron chi connectivity index (χ0n) is 12.2. The molecule has 1 aliphatic rings. The zero-order chi connectivity index (χ0) is 14.9. The van der Waals surface area contributed by atoms with E-state index >= 15 is 0 Å². The normalized spacial score (nSPS) is 17.2. The van der Waals surface area contributed by atoms with Crippen molar-refractivity contribution in [3.8, 4) is 0 Å². The molecular formula is C16H21N3OS. The molecule has 0 aliphatic heterocycles. The topological polar surface area (TPSA) is 70.9 Å². The first-order valence-electron chi connectivity index (χ1n) is 7.34. The fourth-order valence-electron chi connectivity index (χ4n) is 3.11. The number of aromatic amines is 1. The monoisotopic (exact) mass is 303 g/mol. The van der Waals surface area contributed by atoms with Crippen LogP contribution in [0.25, 0.3) is 10.9 Å². The second-order valence-electron chi connectivity index (χ2n) is 5.77. The Morgan fingerprint density at radius 2 is 2.19 bits per heavy atom. The third kappa shape index (κ3) is 2.75. The predicted molar refractivity (Wildman–Crippen MR) is 89.8 cm³/mol. The Morgan fingerprint density at radius 1 is 1.43 bits per heavy atom. The molecule has 2 aromatic rings. The fraction of sp³-hybridized carbons (Fsp3) is 0.438. The molecule has 1 heterocycles. The van der Waals surface area contributed by atoms with E-state index in [1.54, 1.807) is 0 Å². The number of aromatic nitrogens is 1. The number of carbonyl (C=O) groups excluding carboxylic acids is 1. The molecule has 4 N–H and O–H groups in total. The molecule has 0 spiro atoms. The number of anilines is 1. The number of rotatable bonds is 4. The average Bonchev–Trinajstić information content (AvgIpc) is 3.13. The molecule has 0 atom stereocenters. The summed E-state index contributed by atoms with van der Waals surface area (Å²) in [6, 6.07) is 7.55. The second-order valence-corrected chi connectivity index (χ2v) is 7.05. The lowest BCUT2D eigenvalue weighted by atomic mass is 10.1. The molecular weight excluding hydrogens is 282 g/mol. The highest BCUT2D eigenvalue weighted by atomic mass is 32.2. The third-order valence-electron chi connectivity index (χ3n) is 4.45. The molecule has 4 nitrogen and oxygen atoms in total. The van der Waals surface area contributed by atoms with Crippen molar-refractivity contribution in [2.24, 2.45) is 0 Å². The fourth-order valence-corrected chi connectivity index (χ4v) is 4.02. The highest BCUT2D eigenvalue weighted by molar-refractivity contribution is 8.00. The van der Waals surface area contributed by atoms with Crippen molar-refractivity contribution in [2.45, 2.75) is 30.4 Å². The summed E-state index contributed by atoms with van der Waals surface area (Å²) in [7, 11) is 0. The predicted octanol–water partition coefficient (Wildman–Crippen LogP) is 3.16. The van der Waals surface area contributed by atoms with Crippen molar-refractivity contribution >= 4 is 34.3 Å². The molecule has 1 aromatic heterocycles. The van der Waals surface area contributed by atoms with Gasteiger partial charge in [-0.3, -0.25) is 4.79 Å². The van der Waals surface area contributed by atoms with Gasteiger partial charge in [-0.15, -0.1) is 0 Å². The average molecular weight is 303 g/mol. The second kappa shape index (κ2) is 5.64. The van der Waals surface area contributed by atoms with E-state index in [1.807, 2.05) is 36.0 Å². The number of thioether (sulfide) groups is 1. The highest BCUT2D eigenvalue weighted by Crippen LogP contribution is 2.39. The Kier molecular flexibility index (Phi) is 3.85. The first-order valence-corrected chi connectivity index (χ1v) is 8.57. The van der Waals surface area contributed by atoms with Crippen molar-refractivity contribution in [3.05, 3.63) is 30.0 Å². The van der Waals surface area contributed by atoms with E-state index in [4.69, 9.17) is 5.73 Å². The molecule has 1 aliphatic carbocycles. The van der Waals surface area contributed by atoms with Crippen LogP contribution in [0.3, 0.4) is 0 Å². The van der Waals surface area contributed by atoms with Crippen LogP contribution in [0.2, 0.25) is 0 Å². The van der Waals surface area contributed by atoms with Crippen LogP contribution >= 0.6 is 11.8 Å².